The van der Waals surface area contributed by atoms with Gasteiger partial charge in [-0.15, -0.1) is 0 Å². The largest absolute Gasteiger partial charge is 0.433 e. The highest BCUT2D eigenvalue weighted by molar-refractivity contribution is 6.03. The van der Waals surface area contributed by atoms with Gasteiger partial charge in [-0.1, -0.05) is 30.3 Å². The number of anilines is 1. The van der Waals surface area contributed by atoms with Crippen LogP contribution in [0.2, 0.25) is 0 Å². The first-order valence-electron chi connectivity index (χ1n) is 8.92. The molecule has 4 rings (SSSR count). The lowest BCUT2D eigenvalue weighted by atomic mass is 10.1. The summed E-state index contributed by atoms with van der Waals surface area (Å²) >= 11 is 0. The number of carbonyl (C=O) groups excluding carboxylic acids is 1. The molecule has 0 aliphatic carbocycles. The lowest BCUT2D eigenvalue weighted by Crippen LogP contribution is -2.15. The second-order valence-corrected chi connectivity index (χ2v) is 6.41. The molecule has 0 saturated carbocycles. The molecule has 0 aliphatic rings. The molecule has 0 aliphatic heterocycles. The summed E-state index contributed by atoms with van der Waals surface area (Å²) < 4.78 is 20.0. The molecule has 0 spiro atoms. The van der Waals surface area contributed by atoms with Gasteiger partial charge < -0.3 is 14.3 Å². The zero-order valence-corrected chi connectivity index (χ0v) is 15.5. The molecule has 0 atom stereocenters. The molecule has 9 heteroatoms. The van der Waals surface area contributed by atoms with E-state index in [4.69, 9.17) is 4.42 Å². The van der Waals surface area contributed by atoms with Crippen LogP contribution in [-0.4, -0.2) is 20.4 Å². The predicted molar refractivity (Wildman–Crippen MR) is 106 cm³/mol. The molecule has 1 N–H and O–H groups in total. The van der Waals surface area contributed by atoms with Crippen molar-refractivity contribution in [2.45, 2.75) is 6.54 Å². The highest BCUT2D eigenvalue weighted by atomic mass is 19.1. The summed E-state index contributed by atoms with van der Waals surface area (Å²) in [5, 5.41) is 13.5. The Kier molecular flexibility index (Phi) is 5.08. The second kappa shape index (κ2) is 8.00. The first-order chi connectivity index (χ1) is 14.5. The van der Waals surface area contributed by atoms with E-state index in [0.717, 1.165) is 11.6 Å². The minimum Gasteiger partial charge on any atom is -0.395 e. The number of hydrogen-bond donors (Lipinski definition) is 1. The highest BCUT2D eigenvalue weighted by Gasteiger charge is 2.21. The summed E-state index contributed by atoms with van der Waals surface area (Å²) in [7, 11) is 0. The molecule has 0 radical (unpaired) electrons. The number of nitrogens with one attached hydrogen (secondary N) is 1. The fourth-order valence-electron chi connectivity index (χ4n) is 2.95. The van der Waals surface area contributed by atoms with Crippen LogP contribution in [0, 0.1) is 15.9 Å². The molecular formula is C21H15FN4O4. The van der Waals surface area contributed by atoms with Gasteiger partial charge in [-0.25, -0.2) is 9.37 Å². The standard InChI is InChI=1S/C21H15FN4O4/c22-16-8-6-15(7-9-16)19-20(24-21(27)17-10-11-18(30-17)26(28)29)25(13-23-19)12-14-4-2-1-3-5-14/h1-11,13H,12H2,(H,24,27). The SMILES string of the molecule is O=C(Nc1c(-c2ccc(F)cc2)ncn1Cc1ccccc1)c1ccc([N+](=O)[O-])o1. The molecule has 150 valence electrons. The quantitative estimate of drug-likeness (QED) is 0.375. The summed E-state index contributed by atoms with van der Waals surface area (Å²) in [5.74, 6) is -1.44. The van der Waals surface area contributed by atoms with E-state index in [9.17, 15) is 19.3 Å². The first kappa shape index (κ1) is 19.1. The Morgan fingerprint density at radius 2 is 1.83 bits per heavy atom. The molecule has 0 unspecified atom stereocenters. The van der Waals surface area contributed by atoms with Crippen LogP contribution in [0.15, 0.2) is 77.5 Å². The Bertz CT molecular complexity index is 1200. The maximum absolute atomic E-state index is 13.3. The summed E-state index contributed by atoms with van der Waals surface area (Å²) in [6.07, 6.45) is 1.56. The lowest BCUT2D eigenvalue weighted by Gasteiger charge is -2.11. The van der Waals surface area contributed by atoms with Crippen molar-refractivity contribution in [1.29, 1.82) is 0 Å². The Labute approximate surface area is 169 Å². The highest BCUT2D eigenvalue weighted by Crippen LogP contribution is 2.28. The molecule has 2 aromatic carbocycles. The van der Waals surface area contributed by atoms with Crippen LogP contribution in [0.1, 0.15) is 16.1 Å². The number of nitrogens with zero attached hydrogens (tertiary/aromatic N) is 3. The van der Waals surface area contributed by atoms with Crippen molar-refractivity contribution >= 4 is 17.6 Å². The molecule has 4 aromatic rings. The molecule has 1 amide bonds. The number of benzene rings is 2. The van der Waals surface area contributed by atoms with Crippen molar-refractivity contribution in [3.63, 3.8) is 0 Å². The van der Waals surface area contributed by atoms with E-state index >= 15 is 0 Å². The van der Waals surface area contributed by atoms with Crippen molar-refractivity contribution in [3.05, 3.63) is 100 Å². The van der Waals surface area contributed by atoms with Gasteiger partial charge in [0.1, 0.15) is 22.3 Å². The minimum absolute atomic E-state index is 0.209. The van der Waals surface area contributed by atoms with Gasteiger partial charge in [0, 0.05) is 5.56 Å². The molecular weight excluding hydrogens is 391 g/mol. The molecule has 30 heavy (non-hydrogen) atoms. The third-order valence-corrected chi connectivity index (χ3v) is 4.38. The summed E-state index contributed by atoms with van der Waals surface area (Å²) in [6, 6.07) is 17.6. The Balaban J connectivity index is 1.70. The average molecular weight is 406 g/mol. The summed E-state index contributed by atoms with van der Waals surface area (Å²) in [6.45, 7) is 0.420. The maximum atomic E-state index is 13.3. The van der Waals surface area contributed by atoms with Gasteiger partial charge in [-0.05, 0) is 35.9 Å². The Hall–Kier alpha value is -4.27. The van der Waals surface area contributed by atoms with Crippen LogP contribution in [0.5, 0.6) is 0 Å². The zero-order chi connectivity index (χ0) is 21.1. The molecule has 2 aromatic heterocycles. The fourth-order valence-corrected chi connectivity index (χ4v) is 2.95. The zero-order valence-electron chi connectivity index (χ0n) is 15.5. The normalized spacial score (nSPS) is 10.7. The van der Waals surface area contributed by atoms with E-state index in [0.29, 0.717) is 23.6 Å². The van der Waals surface area contributed by atoms with Crippen LogP contribution in [0.4, 0.5) is 16.1 Å². The Morgan fingerprint density at radius 1 is 1.10 bits per heavy atom. The van der Waals surface area contributed by atoms with Crippen LogP contribution in [0.25, 0.3) is 11.3 Å². The Morgan fingerprint density at radius 3 is 2.50 bits per heavy atom. The van der Waals surface area contributed by atoms with Crippen LogP contribution >= 0.6 is 0 Å². The van der Waals surface area contributed by atoms with Gasteiger partial charge in [0.25, 0.3) is 5.91 Å². The molecule has 0 bridgehead atoms. The predicted octanol–water partition coefficient (Wildman–Crippen LogP) is 4.49. The maximum Gasteiger partial charge on any atom is 0.433 e. The van der Waals surface area contributed by atoms with Crippen molar-refractivity contribution in [3.8, 4) is 11.3 Å². The fraction of sp³-hybridized carbons (Fsp3) is 0.0476. The number of hydrogen-bond acceptors (Lipinski definition) is 5. The number of nitro groups is 1. The van der Waals surface area contributed by atoms with Crippen molar-refractivity contribution < 1.29 is 18.5 Å². The summed E-state index contributed by atoms with van der Waals surface area (Å²) in [4.78, 5) is 27.1. The van der Waals surface area contributed by atoms with Crippen LogP contribution in [-0.2, 0) is 6.54 Å². The van der Waals surface area contributed by atoms with E-state index in [2.05, 4.69) is 10.3 Å². The minimum atomic E-state index is -0.722. The number of amides is 1. The average Bonchev–Trinajstić information content (AvgIpc) is 3.38. The third kappa shape index (κ3) is 3.95. The number of carbonyl (C=O) groups is 1. The van der Waals surface area contributed by atoms with Gasteiger partial charge in [0.05, 0.1) is 18.9 Å². The van der Waals surface area contributed by atoms with Crippen LogP contribution in [0.3, 0.4) is 0 Å². The van der Waals surface area contributed by atoms with Crippen molar-refractivity contribution in [1.82, 2.24) is 9.55 Å². The molecule has 2 heterocycles. The molecule has 0 saturated heterocycles. The van der Waals surface area contributed by atoms with Gasteiger partial charge in [0.15, 0.2) is 5.76 Å². The van der Waals surface area contributed by atoms with E-state index in [-0.39, 0.29) is 5.76 Å². The topological polar surface area (TPSA) is 103 Å². The molecule has 8 nitrogen and oxygen atoms in total. The summed E-state index contributed by atoms with van der Waals surface area (Å²) in [5.41, 5.74) is 2.01. The van der Waals surface area contributed by atoms with E-state index in [1.54, 1.807) is 23.0 Å². The van der Waals surface area contributed by atoms with E-state index in [1.807, 2.05) is 30.3 Å². The number of rotatable bonds is 6. The first-order valence-corrected chi connectivity index (χ1v) is 8.92. The van der Waals surface area contributed by atoms with E-state index < -0.39 is 22.5 Å². The lowest BCUT2D eigenvalue weighted by molar-refractivity contribution is -0.402. The third-order valence-electron chi connectivity index (χ3n) is 4.38. The van der Waals surface area contributed by atoms with Gasteiger partial charge in [0.2, 0.25) is 0 Å². The second-order valence-electron chi connectivity index (χ2n) is 6.41. The van der Waals surface area contributed by atoms with Crippen molar-refractivity contribution in [2.24, 2.45) is 0 Å². The number of furan rings is 1. The smallest absolute Gasteiger partial charge is 0.395 e. The number of imidazole rings is 1. The van der Waals surface area contributed by atoms with Crippen molar-refractivity contribution in [2.75, 3.05) is 5.32 Å². The van der Waals surface area contributed by atoms with Crippen LogP contribution < -0.4 is 5.32 Å². The number of aromatic nitrogens is 2. The molecule has 0 fully saturated rings. The number of halogens is 1. The van der Waals surface area contributed by atoms with E-state index in [1.165, 1.54) is 18.2 Å². The van der Waals surface area contributed by atoms with Gasteiger partial charge in [-0.3, -0.25) is 14.9 Å². The van der Waals surface area contributed by atoms with Gasteiger partial charge in [-0.2, -0.15) is 0 Å². The van der Waals surface area contributed by atoms with Gasteiger partial charge >= 0.3 is 5.88 Å². The monoisotopic (exact) mass is 406 g/mol.